The highest BCUT2D eigenvalue weighted by Crippen LogP contribution is 2.24. The van der Waals surface area contributed by atoms with Gasteiger partial charge in [0.05, 0.1) is 6.54 Å². The molecule has 1 saturated heterocycles. The third kappa shape index (κ3) is 3.22. The van der Waals surface area contributed by atoms with E-state index in [4.69, 9.17) is 0 Å². The Morgan fingerprint density at radius 1 is 1.43 bits per heavy atom. The molecule has 0 aromatic carbocycles. The zero-order valence-electron chi connectivity index (χ0n) is 11.6. The van der Waals surface area contributed by atoms with Crippen LogP contribution in [0.3, 0.4) is 0 Å². The third-order valence-corrected chi connectivity index (χ3v) is 3.56. The van der Waals surface area contributed by atoms with Gasteiger partial charge < -0.3 is 5.32 Å². The van der Waals surface area contributed by atoms with E-state index in [9.17, 15) is 4.79 Å². The number of nitrogens with one attached hydrogen (secondary N) is 2. The fraction of sp³-hybridized carbons (Fsp3) is 0.462. The summed E-state index contributed by atoms with van der Waals surface area (Å²) in [5.74, 6) is 0.407. The Hall–Kier alpha value is -2.35. The van der Waals surface area contributed by atoms with E-state index >= 15 is 0 Å². The first-order valence-electron chi connectivity index (χ1n) is 6.98. The lowest BCUT2D eigenvalue weighted by atomic mass is 10.1. The average Bonchev–Trinajstić information content (AvgIpc) is 3.20. The molecule has 3 heterocycles. The molecular formula is C13H17N7O. The van der Waals surface area contributed by atoms with Crippen molar-refractivity contribution in [3.8, 4) is 0 Å². The minimum Gasteiger partial charge on any atom is -0.347 e. The van der Waals surface area contributed by atoms with E-state index in [0.717, 1.165) is 31.5 Å². The van der Waals surface area contributed by atoms with Crippen LogP contribution in [0, 0.1) is 0 Å². The zero-order valence-corrected chi connectivity index (χ0v) is 11.6. The Kier molecular flexibility index (Phi) is 4.15. The highest BCUT2D eigenvalue weighted by molar-refractivity contribution is 5.83. The summed E-state index contributed by atoms with van der Waals surface area (Å²) in [7, 11) is 0. The van der Waals surface area contributed by atoms with Gasteiger partial charge in [0.25, 0.3) is 0 Å². The summed E-state index contributed by atoms with van der Waals surface area (Å²) in [6.07, 6.45) is 5.70. The first-order valence-corrected chi connectivity index (χ1v) is 6.98. The van der Waals surface area contributed by atoms with E-state index < -0.39 is 0 Å². The summed E-state index contributed by atoms with van der Waals surface area (Å²) in [6.45, 7) is 2.12. The van der Waals surface area contributed by atoms with Crippen LogP contribution in [0.25, 0.3) is 0 Å². The number of hydrogen-bond donors (Lipinski definition) is 2. The van der Waals surface area contributed by atoms with Gasteiger partial charge in [-0.3, -0.25) is 14.7 Å². The molecular weight excluding hydrogens is 270 g/mol. The number of aromatic amines is 1. The van der Waals surface area contributed by atoms with E-state index in [-0.39, 0.29) is 18.5 Å². The smallest absolute Gasteiger partial charge is 0.242 e. The number of H-pyrrole nitrogens is 1. The lowest BCUT2D eigenvalue weighted by molar-refractivity contribution is -0.126. The maximum atomic E-state index is 12.6. The Bertz CT molecular complexity index is 565. The van der Waals surface area contributed by atoms with E-state index in [2.05, 4.69) is 35.8 Å². The molecule has 1 atom stereocenters. The molecule has 1 amide bonds. The van der Waals surface area contributed by atoms with Crippen LogP contribution in [-0.2, 0) is 11.3 Å². The van der Waals surface area contributed by atoms with Crippen LogP contribution < -0.4 is 5.32 Å². The summed E-state index contributed by atoms with van der Waals surface area (Å²) in [5, 5.41) is 16.4. The van der Waals surface area contributed by atoms with Gasteiger partial charge >= 0.3 is 0 Å². The molecule has 2 aromatic rings. The number of likely N-dealkylation sites (tertiary alicyclic amines) is 1. The number of rotatable bonds is 5. The largest absolute Gasteiger partial charge is 0.347 e. The third-order valence-electron chi connectivity index (χ3n) is 3.56. The summed E-state index contributed by atoms with van der Waals surface area (Å²) < 4.78 is 0. The number of carbonyl (C=O) groups excluding carboxylic acids is 1. The minimum atomic E-state index is -0.312. The van der Waals surface area contributed by atoms with Crippen LogP contribution in [-0.4, -0.2) is 49.5 Å². The molecule has 3 rings (SSSR count). The topological polar surface area (TPSA) is 99.7 Å². The molecule has 0 radical (unpaired) electrons. The van der Waals surface area contributed by atoms with E-state index in [1.54, 1.807) is 12.4 Å². The molecule has 0 saturated carbocycles. The Morgan fingerprint density at radius 2 is 2.29 bits per heavy atom. The second kappa shape index (κ2) is 6.40. The Balaban J connectivity index is 1.73. The minimum absolute atomic E-state index is 0.0605. The Labute approximate surface area is 122 Å². The molecule has 2 N–H and O–H groups in total. The summed E-state index contributed by atoms with van der Waals surface area (Å²) >= 11 is 0. The molecule has 110 valence electrons. The van der Waals surface area contributed by atoms with Crippen LogP contribution in [0.15, 0.2) is 24.5 Å². The molecule has 2 aromatic heterocycles. The second-order valence-electron chi connectivity index (χ2n) is 4.98. The maximum Gasteiger partial charge on any atom is 0.242 e. The first-order chi connectivity index (χ1) is 10.3. The van der Waals surface area contributed by atoms with Gasteiger partial charge in [0.2, 0.25) is 5.91 Å². The van der Waals surface area contributed by atoms with E-state index in [1.807, 2.05) is 12.1 Å². The second-order valence-corrected chi connectivity index (χ2v) is 4.98. The number of amides is 1. The first kappa shape index (κ1) is 13.6. The lowest BCUT2D eigenvalue weighted by Gasteiger charge is -2.26. The van der Waals surface area contributed by atoms with Gasteiger partial charge in [0.15, 0.2) is 5.82 Å². The van der Waals surface area contributed by atoms with Crippen molar-refractivity contribution in [2.24, 2.45) is 0 Å². The summed E-state index contributed by atoms with van der Waals surface area (Å²) in [5.41, 5.74) is 0.907. The summed E-state index contributed by atoms with van der Waals surface area (Å²) in [4.78, 5) is 18.9. The molecule has 0 aliphatic carbocycles. The lowest BCUT2D eigenvalue weighted by Crippen LogP contribution is -2.39. The number of nitrogens with zero attached hydrogens (tertiary/aromatic N) is 5. The molecule has 21 heavy (non-hydrogen) atoms. The van der Waals surface area contributed by atoms with Crippen molar-refractivity contribution in [2.75, 3.05) is 13.1 Å². The number of carbonyl (C=O) groups is 1. The number of tetrazole rings is 1. The predicted octanol–water partition coefficient (Wildman–Crippen LogP) is 0.0480. The van der Waals surface area contributed by atoms with Crippen molar-refractivity contribution in [1.29, 1.82) is 0 Å². The van der Waals surface area contributed by atoms with Crippen molar-refractivity contribution in [1.82, 2.24) is 35.8 Å². The normalized spacial score (nSPS) is 16.8. The van der Waals surface area contributed by atoms with Crippen LogP contribution in [0.1, 0.15) is 30.3 Å². The standard InChI is InChI=1S/C13H17N7O/c21-13(15-9-11-16-18-19-17-11)12(20-6-1-2-7-20)10-4-3-5-14-8-10/h3-5,8,12H,1-2,6-7,9H2,(H,15,21)(H,16,17,18,19). The zero-order chi connectivity index (χ0) is 14.5. The van der Waals surface area contributed by atoms with Crippen LogP contribution in [0.4, 0.5) is 0 Å². The highest BCUT2D eigenvalue weighted by Gasteiger charge is 2.29. The van der Waals surface area contributed by atoms with Crippen molar-refractivity contribution >= 4 is 5.91 Å². The number of hydrogen-bond acceptors (Lipinski definition) is 6. The molecule has 1 unspecified atom stereocenters. The van der Waals surface area contributed by atoms with Crippen molar-refractivity contribution in [3.63, 3.8) is 0 Å². The quantitative estimate of drug-likeness (QED) is 0.806. The van der Waals surface area contributed by atoms with E-state index in [0.29, 0.717) is 5.82 Å². The van der Waals surface area contributed by atoms with Gasteiger partial charge in [-0.25, -0.2) is 0 Å². The van der Waals surface area contributed by atoms with Gasteiger partial charge in [0.1, 0.15) is 6.04 Å². The molecule has 1 aliphatic heterocycles. The fourth-order valence-corrected chi connectivity index (χ4v) is 2.59. The van der Waals surface area contributed by atoms with Gasteiger partial charge in [0, 0.05) is 12.4 Å². The summed E-state index contributed by atoms with van der Waals surface area (Å²) in [6, 6.07) is 3.47. The van der Waals surface area contributed by atoms with Crippen molar-refractivity contribution in [2.45, 2.75) is 25.4 Å². The SMILES string of the molecule is O=C(NCc1nn[nH]n1)C(c1cccnc1)N1CCCC1. The molecule has 0 spiro atoms. The van der Waals surface area contributed by atoms with Gasteiger partial charge in [-0.1, -0.05) is 11.3 Å². The van der Waals surface area contributed by atoms with Crippen LogP contribution >= 0.6 is 0 Å². The van der Waals surface area contributed by atoms with Gasteiger partial charge in [-0.15, -0.1) is 10.2 Å². The monoisotopic (exact) mass is 287 g/mol. The highest BCUT2D eigenvalue weighted by atomic mass is 16.2. The molecule has 8 nitrogen and oxygen atoms in total. The van der Waals surface area contributed by atoms with E-state index in [1.165, 1.54) is 0 Å². The van der Waals surface area contributed by atoms with Crippen LogP contribution in [0.5, 0.6) is 0 Å². The Morgan fingerprint density at radius 3 is 2.95 bits per heavy atom. The predicted molar refractivity (Wildman–Crippen MR) is 73.8 cm³/mol. The average molecular weight is 287 g/mol. The molecule has 8 heteroatoms. The van der Waals surface area contributed by atoms with Gasteiger partial charge in [-0.05, 0) is 37.6 Å². The van der Waals surface area contributed by atoms with Crippen molar-refractivity contribution < 1.29 is 4.79 Å². The van der Waals surface area contributed by atoms with Gasteiger partial charge in [-0.2, -0.15) is 5.21 Å². The maximum absolute atomic E-state index is 12.6. The molecule has 1 fully saturated rings. The number of pyridine rings is 1. The number of aromatic nitrogens is 5. The van der Waals surface area contributed by atoms with Crippen LogP contribution in [0.2, 0.25) is 0 Å². The molecule has 0 bridgehead atoms. The fourth-order valence-electron chi connectivity index (χ4n) is 2.59. The van der Waals surface area contributed by atoms with Crippen molar-refractivity contribution in [3.05, 3.63) is 35.9 Å². The molecule has 1 aliphatic rings.